The fraction of sp³-hybridized carbons (Fsp3) is 0.444. The van der Waals surface area contributed by atoms with E-state index in [2.05, 4.69) is 10.3 Å². The summed E-state index contributed by atoms with van der Waals surface area (Å²) in [4.78, 5) is 18.2. The third-order valence-corrected chi connectivity index (χ3v) is 4.16. The Kier molecular flexibility index (Phi) is 4.54. The van der Waals surface area contributed by atoms with Crippen molar-refractivity contribution in [2.45, 2.75) is 38.8 Å². The molecule has 0 aliphatic carbocycles. The van der Waals surface area contributed by atoms with E-state index in [1.165, 1.54) is 0 Å². The highest BCUT2D eigenvalue weighted by Crippen LogP contribution is 2.27. The molecule has 1 fully saturated rings. The number of likely N-dealkylation sites (tertiary alicyclic amines) is 1. The zero-order valence-electron chi connectivity index (χ0n) is 14.2. The summed E-state index contributed by atoms with van der Waals surface area (Å²) in [6.45, 7) is 6.94. The lowest BCUT2D eigenvalue weighted by atomic mass is 10.1. The lowest BCUT2D eigenvalue weighted by Crippen LogP contribution is -2.36. The lowest BCUT2D eigenvalue weighted by molar-refractivity contribution is 0.0293. The summed E-state index contributed by atoms with van der Waals surface area (Å²) in [7, 11) is 0. The first-order valence-corrected chi connectivity index (χ1v) is 8.48. The zero-order valence-corrected chi connectivity index (χ0v) is 14.9. The monoisotopic (exact) mass is 347 g/mol. The van der Waals surface area contributed by atoms with Gasteiger partial charge in [0.2, 0.25) is 0 Å². The van der Waals surface area contributed by atoms with E-state index in [9.17, 15) is 4.79 Å². The summed E-state index contributed by atoms with van der Waals surface area (Å²) < 4.78 is 5.43. The van der Waals surface area contributed by atoms with Crippen molar-refractivity contribution >= 4 is 34.3 Å². The van der Waals surface area contributed by atoms with Crippen LogP contribution in [0.5, 0.6) is 0 Å². The maximum atomic E-state index is 12.1. The van der Waals surface area contributed by atoms with Gasteiger partial charge in [0.25, 0.3) is 0 Å². The van der Waals surface area contributed by atoms with Crippen molar-refractivity contribution in [2.75, 3.05) is 18.4 Å². The average Bonchev–Trinajstić information content (AvgIpc) is 2.94. The van der Waals surface area contributed by atoms with Crippen molar-refractivity contribution < 1.29 is 9.53 Å². The Morgan fingerprint density at radius 3 is 2.96 bits per heavy atom. The second-order valence-electron chi connectivity index (χ2n) is 7.09. The summed E-state index contributed by atoms with van der Waals surface area (Å²) in [5, 5.41) is 5.08. The Hall–Kier alpha value is -2.01. The molecule has 1 atom stereocenters. The van der Waals surface area contributed by atoms with Gasteiger partial charge in [-0.25, -0.2) is 4.79 Å². The average molecular weight is 348 g/mol. The molecule has 2 aromatic rings. The highest BCUT2D eigenvalue weighted by atomic mass is 35.5. The van der Waals surface area contributed by atoms with E-state index < -0.39 is 5.60 Å². The number of amides is 1. The molecule has 1 aromatic carbocycles. The number of anilines is 1. The number of nitrogens with zero attached hydrogens (tertiary/aromatic N) is 2. The molecule has 0 unspecified atom stereocenters. The van der Waals surface area contributed by atoms with E-state index in [1.54, 1.807) is 11.1 Å². The van der Waals surface area contributed by atoms with E-state index in [4.69, 9.17) is 16.3 Å². The first kappa shape index (κ1) is 16.8. The smallest absolute Gasteiger partial charge is 0.410 e. The van der Waals surface area contributed by atoms with Gasteiger partial charge in [-0.3, -0.25) is 4.98 Å². The number of nitrogens with one attached hydrogen (secondary N) is 1. The van der Waals surface area contributed by atoms with Gasteiger partial charge in [0, 0.05) is 36.4 Å². The highest BCUT2D eigenvalue weighted by Gasteiger charge is 2.29. The van der Waals surface area contributed by atoms with Gasteiger partial charge >= 0.3 is 6.09 Å². The molecule has 24 heavy (non-hydrogen) atoms. The summed E-state index contributed by atoms with van der Waals surface area (Å²) in [6.07, 6.45) is 2.35. The van der Waals surface area contributed by atoms with Crippen LogP contribution in [-0.4, -0.2) is 40.7 Å². The van der Waals surface area contributed by atoms with Crippen LogP contribution in [0.1, 0.15) is 27.2 Å². The Labute approximate surface area is 146 Å². The summed E-state index contributed by atoms with van der Waals surface area (Å²) in [5.74, 6) is 0. The molecular weight excluding hydrogens is 326 g/mol. The predicted molar refractivity (Wildman–Crippen MR) is 96.6 cm³/mol. The van der Waals surface area contributed by atoms with Crippen LogP contribution in [0, 0.1) is 0 Å². The minimum absolute atomic E-state index is 0.183. The van der Waals surface area contributed by atoms with Crippen molar-refractivity contribution in [1.29, 1.82) is 0 Å². The number of benzene rings is 1. The second-order valence-corrected chi connectivity index (χ2v) is 7.50. The lowest BCUT2D eigenvalue weighted by Gasteiger charge is -2.24. The van der Waals surface area contributed by atoms with Crippen molar-refractivity contribution in [1.82, 2.24) is 9.88 Å². The van der Waals surface area contributed by atoms with Gasteiger partial charge in [-0.15, -0.1) is 0 Å². The third-order valence-electron chi connectivity index (χ3n) is 3.87. The quantitative estimate of drug-likeness (QED) is 0.879. The normalized spacial score (nSPS) is 18.0. The molecule has 1 aliphatic heterocycles. The number of carbonyl (C=O) groups excluding carboxylic acids is 1. The molecular formula is C18H22ClN3O2. The fourth-order valence-corrected chi connectivity index (χ4v) is 3.11. The van der Waals surface area contributed by atoms with E-state index in [0.717, 1.165) is 23.0 Å². The number of hydrogen-bond donors (Lipinski definition) is 1. The first-order valence-electron chi connectivity index (χ1n) is 8.10. The van der Waals surface area contributed by atoms with Gasteiger partial charge in [-0.1, -0.05) is 17.7 Å². The van der Waals surface area contributed by atoms with Crippen LogP contribution in [0.4, 0.5) is 10.5 Å². The minimum Gasteiger partial charge on any atom is -0.444 e. The zero-order chi connectivity index (χ0) is 17.3. The Morgan fingerprint density at radius 1 is 1.42 bits per heavy atom. The Balaban J connectivity index is 1.66. The van der Waals surface area contributed by atoms with E-state index in [1.807, 2.05) is 45.0 Å². The number of carbonyl (C=O) groups is 1. The molecule has 6 heteroatoms. The molecule has 2 heterocycles. The van der Waals surface area contributed by atoms with Crippen molar-refractivity contribution in [3.8, 4) is 0 Å². The van der Waals surface area contributed by atoms with Gasteiger partial charge < -0.3 is 15.0 Å². The molecule has 0 spiro atoms. The van der Waals surface area contributed by atoms with Crippen molar-refractivity contribution in [3.63, 3.8) is 0 Å². The topological polar surface area (TPSA) is 54.5 Å². The molecule has 1 N–H and O–H groups in total. The molecule has 1 saturated heterocycles. The maximum absolute atomic E-state index is 12.1. The number of hydrogen-bond acceptors (Lipinski definition) is 4. The van der Waals surface area contributed by atoms with Crippen LogP contribution in [0.15, 0.2) is 30.5 Å². The van der Waals surface area contributed by atoms with Crippen LogP contribution in [0.25, 0.3) is 10.9 Å². The number of ether oxygens (including phenoxy) is 1. The standard InChI is InChI=1S/C18H22ClN3O2/c1-18(2,3)24-17(23)22-8-6-13(11-22)21-14-9-12-5-4-7-20-16(12)15(19)10-14/h4-5,7,9-10,13,21H,6,8,11H2,1-3H3/t13-/m1/s1. The maximum Gasteiger partial charge on any atom is 0.410 e. The van der Waals surface area contributed by atoms with Gasteiger partial charge in [-0.2, -0.15) is 0 Å². The molecule has 0 bridgehead atoms. The number of fused-ring (bicyclic) bond motifs is 1. The van der Waals surface area contributed by atoms with Crippen molar-refractivity contribution in [3.05, 3.63) is 35.5 Å². The number of halogens is 1. The Morgan fingerprint density at radius 2 is 2.21 bits per heavy atom. The Bertz CT molecular complexity index is 758. The number of rotatable bonds is 2. The first-order chi connectivity index (χ1) is 11.3. The molecule has 1 amide bonds. The van der Waals surface area contributed by atoms with Crippen LogP contribution in [0.3, 0.4) is 0 Å². The van der Waals surface area contributed by atoms with Crippen LogP contribution in [-0.2, 0) is 4.74 Å². The van der Waals surface area contributed by atoms with E-state index in [-0.39, 0.29) is 12.1 Å². The van der Waals surface area contributed by atoms with Crippen molar-refractivity contribution in [2.24, 2.45) is 0 Å². The predicted octanol–water partition coefficient (Wildman–Crippen LogP) is 4.31. The van der Waals surface area contributed by atoms with E-state index >= 15 is 0 Å². The SMILES string of the molecule is CC(C)(C)OC(=O)N1CC[C@@H](Nc2cc(Cl)c3ncccc3c2)C1. The van der Waals surface area contributed by atoms with Crippen LogP contribution in [0.2, 0.25) is 5.02 Å². The highest BCUT2D eigenvalue weighted by molar-refractivity contribution is 6.35. The fourth-order valence-electron chi connectivity index (χ4n) is 2.84. The minimum atomic E-state index is -0.471. The molecule has 1 aliphatic rings. The largest absolute Gasteiger partial charge is 0.444 e. The van der Waals surface area contributed by atoms with Gasteiger partial charge in [0.05, 0.1) is 10.5 Å². The molecule has 128 valence electrons. The van der Waals surface area contributed by atoms with E-state index in [0.29, 0.717) is 18.1 Å². The molecule has 3 rings (SSSR count). The summed E-state index contributed by atoms with van der Waals surface area (Å²) in [5.41, 5.74) is 1.27. The molecule has 0 saturated carbocycles. The molecule has 0 radical (unpaired) electrons. The molecule has 1 aromatic heterocycles. The van der Waals surface area contributed by atoms with Gasteiger partial charge in [0.1, 0.15) is 5.60 Å². The van der Waals surface area contributed by atoms with Gasteiger partial charge in [0.15, 0.2) is 0 Å². The second kappa shape index (κ2) is 6.48. The third kappa shape index (κ3) is 3.90. The molecule has 5 nitrogen and oxygen atoms in total. The van der Waals surface area contributed by atoms with Gasteiger partial charge in [-0.05, 0) is 45.4 Å². The number of pyridine rings is 1. The summed E-state index contributed by atoms with van der Waals surface area (Å²) >= 11 is 6.31. The van der Waals surface area contributed by atoms with Crippen LogP contribution >= 0.6 is 11.6 Å². The summed E-state index contributed by atoms with van der Waals surface area (Å²) in [6, 6.07) is 7.98. The number of aromatic nitrogens is 1. The van der Waals surface area contributed by atoms with Crippen LogP contribution < -0.4 is 5.32 Å².